The number of nitrogens with one attached hydrogen (secondary N) is 2. The number of carbonyl (C=O) groups is 2. The Bertz CT molecular complexity index is 596. The SMILES string of the molecule is O=C(CCCCCCNC(=O)c1cccc([N+](=O)[O-])c1)ONN=S. The molecule has 0 saturated heterocycles. The number of hydrogen-bond donors (Lipinski definition) is 2. The van der Waals surface area contributed by atoms with Crippen molar-refractivity contribution in [2.75, 3.05) is 6.54 Å². The van der Waals surface area contributed by atoms with Gasteiger partial charge < -0.3 is 10.2 Å². The second kappa shape index (κ2) is 11.0. The van der Waals surface area contributed by atoms with Crippen molar-refractivity contribution in [3.8, 4) is 0 Å². The Morgan fingerprint density at radius 1 is 1.25 bits per heavy atom. The molecule has 0 heterocycles. The number of hydrogen-bond acceptors (Lipinski definition) is 7. The summed E-state index contributed by atoms with van der Waals surface area (Å²) in [4.78, 5) is 37.6. The van der Waals surface area contributed by atoms with E-state index in [2.05, 4.69) is 27.1 Å². The van der Waals surface area contributed by atoms with Crippen molar-refractivity contribution < 1.29 is 19.3 Å². The number of nitrogens with zero attached hydrogens (tertiary/aromatic N) is 2. The number of unbranched alkanes of at least 4 members (excludes halogenated alkanes) is 3. The first-order chi connectivity index (χ1) is 11.5. The van der Waals surface area contributed by atoms with Gasteiger partial charge in [0.05, 0.1) is 17.3 Å². The van der Waals surface area contributed by atoms with Crippen LogP contribution in [-0.4, -0.2) is 23.3 Å². The van der Waals surface area contributed by atoms with E-state index in [1.54, 1.807) is 0 Å². The largest absolute Gasteiger partial charge is 0.352 e. The van der Waals surface area contributed by atoms with Crippen LogP contribution in [0.4, 0.5) is 5.69 Å². The molecule has 9 nitrogen and oxygen atoms in total. The third kappa shape index (κ3) is 7.58. The first-order valence-electron chi connectivity index (χ1n) is 7.34. The van der Waals surface area contributed by atoms with E-state index >= 15 is 0 Å². The topological polar surface area (TPSA) is 123 Å². The molecule has 0 aliphatic rings. The molecule has 0 bridgehead atoms. The molecule has 24 heavy (non-hydrogen) atoms. The molecule has 130 valence electrons. The Morgan fingerprint density at radius 3 is 2.71 bits per heavy atom. The number of carbonyl (C=O) groups excluding carboxylic acids is 2. The maximum atomic E-state index is 11.9. The molecule has 0 spiro atoms. The standard InChI is InChI=1S/C14H18N4O5S/c19-13(23-16-17-24)8-3-1-2-4-9-15-14(20)11-6-5-7-12(10-11)18(21)22/h5-7,10H,1-4,8-9H2,(H,15,20)(H,16,24). The summed E-state index contributed by atoms with van der Waals surface area (Å²) < 4.78 is 3.01. The van der Waals surface area contributed by atoms with Gasteiger partial charge in [-0.15, -0.1) is 5.59 Å². The average molecular weight is 354 g/mol. The third-order valence-electron chi connectivity index (χ3n) is 3.11. The van der Waals surface area contributed by atoms with Crippen LogP contribution < -0.4 is 10.9 Å². The van der Waals surface area contributed by atoms with Gasteiger partial charge in [-0.3, -0.25) is 14.9 Å². The van der Waals surface area contributed by atoms with Gasteiger partial charge in [-0.1, -0.05) is 23.4 Å². The molecule has 1 amide bonds. The van der Waals surface area contributed by atoms with Crippen molar-refractivity contribution in [2.45, 2.75) is 32.1 Å². The van der Waals surface area contributed by atoms with Crippen LogP contribution in [0.15, 0.2) is 28.7 Å². The molecule has 0 atom stereocenters. The highest BCUT2D eigenvalue weighted by Gasteiger charge is 2.10. The zero-order valence-corrected chi connectivity index (χ0v) is 13.7. The number of rotatable bonds is 11. The molecule has 0 saturated carbocycles. The van der Waals surface area contributed by atoms with E-state index in [1.807, 2.05) is 5.59 Å². The van der Waals surface area contributed by atoms with Crippen LogP contribution in [0.1, 0.15) is 42.5 Å². The van der Waals surface area contributed by atoms with Crippen molar-refractivity contribution in [2.24, 2.45) is 4.47 Å². The Hall–Kier alpha value is -2.62. The van der Waals surface area contributed by atoms with Crippen LogP contribution in [0.5, 0.6) is 0 Å². The van der Waals surface area contributed by atoms with Gasteiger partial charge in [0, 0.05) is 30.7 Å². The smallest absolute Gasteiger partial charge is 0.334 e. The normalized spacial score (nSPS) is 9.83. The minimum Gasteiger partial charge on any atom is -0.352 e. The summed E-state index contributed by atoms with van der Waals surface area (Å²) in [6.07, 6.45) is 3.32. The van der Waals surface area contributed by atoms with Gasteiger partial charge in [-0.05, 0) is 18.9 Å². The third-order valence-corrected chi connectivity index (χ3v) is 3.18. The van der Waals surface area contributed by atoms with Crippen LogP contribution in [0.2, 0.25) is 0 Å². The molecule has 1 aromatic carbocycles. The molecular formula is C14H18N4O5S. The second-order valence-electron chi connectivity index (χ2n) is 4.88. The number of nitro groups is 1. The van der Waals surface area contributed by atoms with Crippen LogP contribution in [0.25, 0.3) is 0 Å². The number of nitro benzene ring substituents is 1. The van der Waals surface area contributed by atoms with Gasteiger partial charge >= 0.3 is 5.97 Å². The first-order valence-corrected chi connectivity index (χ1v) is 7.71. The summed E-state index contributed by atoms with van der Waals surface area (Å²) in [7, 11) is 0. The lowest BCUT2D eigenvalue weighted by atomic mass is 10.1. The quantitative estimate of drug-likeness (QED) is 0.354. The maximum Gasteiger partial charge on any atom is 0.334 e. The summed E-state index contributed by atoms with van der Waals surface area (Å²) in [5.41, 5.74) is 2.09. The highest BCUT2D eigenvalue weighted by molar-refractivity contribution is 7.47. The molecule has 0 radical (unpaired) electrons. The van der Waals surface area contributed by atoms with Crippen molar-refractivity contribution in [3.63, 3.8) is 0 Å². The Kier molecular flexibility index (Phi) is 8.90. The van der Waals surface area contributed by atoms with Crippen molar-refractivity contribution >= 4 is 30.0 Å². The maximum absolute atomic E-state index is 11.9. The minimum atomic E-state index is -0.542. The van der Waals surface area contributed by atoms with Gasteiger partial charge in [0.15, 0.2) is 0 Å². The minimum absolute atomic E-state index is 0.118. The van der Waals surface area contributed by atoms with Gasteiger partial charge in [0.25, 0.3) is 11.6 Å². The fourth-order valence-corrected chi connectivity index (χ4v) is 1.97. The van der Waals surface area contributed by atoms with Crippen molar-refractivity contribution in [3.05, 3.63) is 39.9 Å². The highest BCUT2D eigenvalue weighted by Crippen LogP contribution is 2.13. The summed E-state index contributed by atoms with van der Waals surface area (Å²) in [5, 5.41) is 13.4. The molecular weight excluding hydrogens is 336 g/mol. The van der Waals surface area contributed by atoms with E-state index in [0.29, 0.717) is 13.0 Å². The molecule has 1 rings (SSSR count). The van der Waals surface area contributed by atoms with Gasteiger partial charge in [0.1, 0.15) is 0 Å². The number of benzene rings is 1. The van der Waals surface area contributed by atoms with E-state index < -0.39 is 10.9 Å². The Balaban J connectivity index is 2.16. The fourth-order valence-electron chi connectivity index (χ4n) is 1.93. The fraction of sp³-hybridized carbons (Fsp3) is 0.429. The molecule has 0 unspecified atom stereocenters. The lowest BCUT2D eigenvalue weighted by Crippen LogP contribution is -2.24. The molecule has 0 aliphatic heterocycles. The predicted octanol–water partition coefficient (Wildman–Crippen LogP) is 1.97. The molecule has 0 aliphatic carbocycles. The van der Waals surface area contributed by atoms with E-state index in [-0.39, 0.29) is 23.6 Å². The first kappa shape index (κ1) is 19.4. The van der Waals surface area contributed by atoms with E-state index in [4.69, 9.17) is 0 Å². The predicted molar refractivity (Wildman–Crippen MR) is 87.5 cm³/mol. The summed E-state index contributed by atoms with van der Waals surface area (Å²) >= 11 is 4.20. The second-order valence-corrected chi connectivity index (χ2v) is 5.07. The van der Waals surface area contributed by atoms with E-state index in [1.165, 1.54) is 24.3 Å². The molecule has 1 aromatic rings. The lowest BCUT2D eigenvalue weighted by Gasteiger charge is -2.05. The van der Waals surface area contributed by atoms with E-state index in [9.17, 15) is 19.7 Å². The van der Waals surface area contributed by atoms with Crippen LogP contribution in [0.3, 0.4) is 0 Å². The van der Waals surface area contributed by atoms with Gasteiger partial charge in [-0.25, -0.2) is 4.79 Å². The monoisotopic (exact) mass is 354 g/mol. The van der Waals surface area contributed by atoms with Crippen LogP contribution in [-0.2, 0) is 22.1 Å². The average Bonchev–Trinajstić information content (AvgIpc) is 2.58. The molecule has 0 fully saturated rings. The zero-order valence-electron chi connectivity index (χ0n) is 12.9. The highest BCUT2D eigenvalue weighted by atomic mass is 32.1. The zero-order chi connectivity index (χ0) is 17.8. The van der Waals surface area contributed by atoms with Crippen LogP contribution >= 0.6 is 0 Å². The van der Waals surface area contributed by atoms with Crippen LogP contribution in [0, 0.1) is 10.1 Å². The number of non-ortho nitro benzene ring substituents is 1. The summed E-state index contributed by atoms with van der Waals surface area (Å²) in [6, 6.07) is 5.57. The van der Waals surface area contributed by atoms with Gasteiger partial charge in [0.2, 0.25) is 0 Å². The Labute approximate surface area is 144 Å². The number of amides is 1. The van der Waals surface area contributed by atoms with E-state index in [0.717, 1.165) is 19.3 Å². The molecule has 0 aromatic heterocycles. The van der Waals surface area contributed by atoms with Crippen molar-refractivity contribution in [1.82, 2.24) is 10.9 Å². The summed E-state index contributed by atoms with van der Waals surface area (Å²) in [5.74, 6) is -0.774. The summed E-state index contributed by atoms with van der Waals surface area (Å²) in [6.45, 7) is 0.461. The van der Waals surface area contributed by atoms with Crippen molar-refractivity contribution in [1.29, 1.82) is 0 Å². The van der Waals surface area contributed by atoms with Gasteiger partial charge in [-0.2, -0.15) is 0 Å². The lowest BCUT2D eigenvalue weighted by molar-refractivity contribution is -0.384. The molecule has 10 heteroatoms. The Morgan fingerprint density at radius 2 is 2.00 bits per heavy atom. The molecule has 2 N–H and O–H groups in total.